The maximum atomic E-state index is 12.1. The number of carbonyl (C=O) groups excluding carboxylic acids is 1. The first kappa shape index (κ1) is 19.1. The van der Waals surface area contributed by atoms with E-state index in [1.807, 2.05) is 19.9 Å². The normalized spacial score (nSPS) is 10.8. The van der Waals surface area contributed by atoms with Crippen LogP contribution in [0.25, 0.3) is 0 Å². The maximum Gasteiger partial charge on any atom is 0.312 e. The van der Waals surface area contributed by atoms with E-state index in [9.17, 15) is 4.79 Å². The van der Waals surface area contributed by atoms with Crippen molar-refractivity contribution >= 4 is 11.7 Å². The monoisotopic (exact) mass is 315 g/mol. The Morgan fingerprint density at radius 1 is 1.17 bits per heavy atom. The Hall–Kier alpha value is -1.99. The molecule has 0 saturated carbocycles. The summed E-state index contributed by atoms with van der Waals surface area (Å²) in [5, 5.41) is 0. The van der Waals surface area contributed by atoms with E-state index in [2.05, 4.69) is 19.6 Å². The van der Waals surface area contributed by atoms with Crippen LogP contribution in [0.3, 0.4) is 0 Å². The van der Waals surface area contributed by atoms with Crippen LogP contribution in [-0.4, -0.2) is 5.97 Å². The van der Waals surface area contributed by atoms with Gasteiger partial charge in [-0.25, -0.2) is 0 Å². The molecule has 0 spiro atoms. The Kier molecular flexibility index (Phi) is 7.64. The van der Waals surface area contributed by atoms with Gasteiger partial charge in [-0.3, -0.25) is 4.79 Å². The van der Waals surface area contributed by atoms with Crippen molar-refractivity contribution in [3.05, 3.63) is 41.6 Å². The number of nitrogen functional groups attached to an aromatic ring is 1. The van der Waals surface area contributed by atoms with E-state index >= 15 is 0 Å². The van der Waals surface area contributed by atoms with Gasteiger partial charge in [0.25, 0.3) is 0 Å². The highest BCUT2D eigenvalue weighted by atomic mass is 16.5. The lowest BCUT2D eigenvalue weighted by molar-refractivity contribution is -0.135. The van der Waals surface area contributed by atoms with Crippen molar-refractivity contribution in [2.24, 2.45) is 5.41 Å². The zero-order chi connectivity index (χ0) is 17.3. The molecule has 0 heterocycles. The Labute approximate surface area is 140 Å². The molecule has 1 rings (SSSR count). The van der Waals surface area contributed by atoms with Gasteiger partial charge in [0.1, 0.15) is 5.75 Å². The molecule has 0 aliphatic carbocycles. The summed E-state index contributed by atoms with van der Waals surface area (Å²) in [6.07, 6.45) is 6.70. The van der Waals surface area contributed by atoms with Gasteiger partial charge in [0.15, 0.2) is 0 Å². The molecule has 2 N–H and O–H groups in total. The van der Waals surface area contributed by atoms with Gasteiger partial charge >= 0.3 is 5.97 Å². The average Bonchev–Trinajstić information content (AvgIpc) is 2.47. The molecule has 0 unspecified atom stereocenters. The third-order valence-corrected chi connectivity index (χ3v) is 3.48. The molecule has 0 amide bonds. The number of benzene rings is 1. The molecular weight excluding hydrogens is 286 g/mol. The molecule has 23 heavy (non-hydrogen) atoms. The summed E-state index contributed by atoms with van der Waals surface area (Å²) < 4.78 is 5.36. The fourth-order valence-electron chi connectivity index (χ4n) is 2.30. The summed E-state index contributed by atoms with van der Waals surface area (Å²) in [5.74, 6) is 0.280. The molecule has 3 heteroatoms. The number of carbonyl (C=O) groups is 1. The number of allylic oxidation sites excluding steroid dienone is 1. The van der Waals surface area contributed by atoms with Crippen LogP contribution in [0.2, 0.25) is 0 Å². The Morgan fingerprint density at radius 3 is 2.26 bits per heavy atom. The Bertz CT molecular complexity index is 556. The van der Waals surface area contributed by atoms with Crippen molar-refractivity contribution in [1.29, 1.82) is 0 Å². The highest BCUT2D eigenvalue weighted by Gasteiger charge is 2.20. The van der Waals surface area contributed by atoms with E-state index in [1.54, 1.807) is 24.3 Å². The fourth-order valence-corrected chi connectivity index (χ4v) is 2.30. The molecule has 0 fully saturated rings. The lowest BCUT2D eigenvalue weighted by Gasteiger charge is -2.18. The van der Waals surface area contributed by atoms with Crippen LogP contribution < -0.4 is 10.5 Å². The molecule has 0 aliphatic rings. The fraction of sp³-hybridized carbons (Fsp3) is 0.500. The summed E-state index contributed by atoms with van der Waals surface area (Å²) in [6, 6.07) is 6.85. The minimum Gasteiger partial charge on any atom is -0.427 e. The highest BCUT2D eigenvalue weighted by molar-refractivity contribution is 5.73. The molecule has 1 aromatic rings. The SMILES string of the molecule is CCCC(=C=CC(C)(C)CC(=O)Oc1ccc(N)cc1)CCC. The zero-order valence-corrected chi connectivity index (χ0v) is 14.8. The minimum absolute atomic E-state index is 0.245. The van der Waals surface area contributed by atoms with Gasteiger partial charge in [0.05, 0.1) is 6.42 Å². The zero-order valence-electron chi connectivity index (χ0n) is 14.8. The topological polar surface area (TPSA) is 52.3 Å². The van der Waals surface area contributed by atoms with Gasteiger partial charge < -0.3 is 10.5 Å². The Balaban J connectivity index is 2.70. The van der Waals surface area contributed by atoms with Gasteiger partial charge in [-0.15, -0.1) is 5.73 Å². The predicted octanol–water partition coefficient (Wildman–Crippen LogP) is 5.27. The van der Waals surface area contributed by atoms with Crippen LogP contribution in [0.15, 0.2) is 41.6 Å². The summed E-state index contributed by atoms with van der Waals surface area (Å²) in [6.45, 7) is 8.40. The van der Waals surface area contributed by atoms with Crippen molar-refractivity contribution in [3.63, 3.8) is 0 Å². The molecule has 0 aliphatic heterocycles. The van der Waals surface area contributed by atoms with E-state index in [4.69, 9.17) is 10.5 Å². The number of anilines is 1. The van der Waals surface area contributed by atoms with Crippen LogP contribution in [-0.2, 0) is 4.79 Å². The highest BCUT2D eigenvalue weighted by Crippen LogP contribution is 2.24. The van der Waals surface area contributed by atoms with Gasteiger partial charge in [-0.2, -0.15) is 0 Å². The molecular formula is C20H29NO2. The van der Waals surface area contributed by atoms with E-state index < -0.39 is 0 Å². The number of hydrogen-bond acceptors (Lipinski definition) is 3. The quantitative estimate of drug-likeness (QED) is 0.307. The molecule has 0 bridgehead atoms. The lowest BCUT2D eigenvalue weighted by atomic mass is 9.89. The number of ether oxygens (including phenoxy) is 1. The second-order valence-corrected chi connectivity index (χ2v) is 6.60. The van der Waals surface area contributed by atoms with E-state index in [0.717, 1.165) is 25.7 Å². The second kappa shape index (κ2) is 9.22. The minimum atomic E-state index is -0.280. The third kappa shape index (κ3) is 7.71. The lowest BCUT2D eigenvalue weighted by Crippen LogP contribution is -2.18. The second-order valence-electron chi connectivity index (χ2n) is 6.60. The van der Waals surface area contributed by atoms with Gasteiger partial charge in [0, 0.05) is 11.1 Å². The van der Waals surface area contributed by atoms with Crippen LogP contribution in [0.4, 0.5) is 5.69 Å². The van der Waals surface area contributed by atoms with Crippen molar-refractivity contribution < 1.29 is 9.53 Å². The number of rotatable bonds is 8. The van der Waals surface area contributed by atoms with Crippen molar-refractivity contribution in [1.82, 2.24) is 0 Å². The van der Waals surface area contributed by atoms with Crippen molar-refractivity contribution in [3.8, 4) is 5.75 Å². The number of nitrogens with two attached hydrogens (primary N) is 1. The average molecular weight is 315 g/mol. The van der Waals surface area contributed by atoms with Gasteiger partial charge in [0.2, 0.25) is 0 Å². The number of hydrogen-bond donors (Lipinski definition) is 1. The summed E-state index contributed by atoms with van der Waals surface area (Å²) in [5.41, 5.74) is 10.7. The molecule has 126 valence electrons. The smallest absolute Gasteiger partial charge is 0.312 e. The maximum absolute atomic E-state index is 12.1. The first-order chi connectivity index (χ1) is 10.9. The summed E-state index contributed by atoms with van der Waals surface area (Å²) >= 11 is 0. The van der Waals surface area contributed by atoms with Crippen LogP contribution in [0.5, 0.6) is 5.75 Å². The summed E-state index contributed by atoms with van der Waals surface area (Å²) in [4.78, 5) is 12.1. The molecule has 3 nitrogen and oxygen atoms in total. The number of esters is 1. The molecule has 0 aromatic heterocycles. The van der Waals surface area contributed by atoms with Crippen molar-refractivity contribution in [2.75, 3.05) is 5.73 Å². The van der Waals surface area contributed by atoms with Crippen molar-refractivity contribution in [2.45, 2.75) is 59.8 Å². The first-order valence-corrected chi connectivity index (χ1v) is 8.38. The van der Waals surface area contributed by atoms with Gasteiger partial charge in [-0.05, 0) is 48.8 Å². The van der Waals surface area contributed by atoms with E-state index in [1.165, 1.54) is 5.57 Å². The largest absolute Gasteiger partial charge is 0.427 e. The predicted molar refractivity (Wildman–Crippen MR) is 96.3 cm³/mol. The van der Waals surface area contributed by atoms with E-state index in [-0.39, 0.29) is 11.4 Å². The van der Waals surface area contributed by atoms with Gasteiger partial charge in [-0.1, -0.05) is 40.5 Å². The Morgan fingerprint density at radius 2 is 1.74 bits per heavy atom. The molecule has 0 saturated heterocycles. The third-order valence-electron chi connectivity index (χ3n) is 3.48. The molecule has 0 radical (unpaired) electrons. The summed E-state index contributed by atoms with van der Waals surface area (Å²) in [7, 11) is 0. The molecule has 0 atom stereocenters. The van der Waals surface area contributed by atoms with Crippen LogP contribution >= 0.6 is 0 Å². The molecule has 1 aromatic carbocycles. The van der Waals surface area contributed by atoms with E-state index in [0.29, 0.717) is 17.9 Å². The first-order valence-electron chi connectivity index (χ1n) is 8.38. The standard InChI is InChI=1S/C20H29NO2/c1-5-7-16(8-6-2)13-14-20(3,4)15-19(22)23-18-11-9-17(21)10-12-18/h9-12,14H,5-8,15,21H2,1-4H3. The van der Waals surface area contributed by atoms with Crippen LogP contribution in [0.1, 0.15) is 59.8 Å². The van der Waals surface area contributed by atoms with Crippen LogP contribution in [0, 0.1) is 5.41 Å².